The predicted octanol–water partition coefficient (Wildman–Crippen LogP) is 1.20. The van der Waals surface area contributed by atoms with Crippen LogP contribution in [0.4, 0.5) is 5.82 Å². The van der Waals surface area contributed by atoms with E-state index in [2.05, 4.69) is 15.3 Å². The number of rotatable bonds is 7. The van der Waals surface area contributed by atoms with Gasteiger partial charge in [-0.25, -0.2) is 4.98 Å². The normalized spacial score (nSPS) is 10.3. The van der Waals surface area contributed by atoms with Crippen LogP contribution in [-0.4, -0.2) is 43.4 Å². The van der Waals surface area contributed by atoms with Gasteiger partial charge in [-0.2, -0.15) is 0 Å². The summed E-state index contributed by atoms with van der Waals surface area (Å²) in [6.45, 7) is 2.46. The summed E-state index contributed by atoms with van der Waals surface area (Å²) in [6, 6.07) is 0. The molecule has 0 aliphatic rings. The van der Waals surface area contributed by atoms with Crippen LogP contribution in [0.5, 0.6) is 0 Å². The average molecular weight is 232 g/mol. The molecule has 0 radical (unpaired) electrons. The Kier molecular flexibility index (Phi) is 5.99. The largest absolute Gasteiger partial charge is 0.382 e. The van der Waals surface area contributed by atoms with Crippen molar-refractivity contribution in [3.05, 3.63) is 17.5 Å². The molecule has 0 saturated carbocycles. The molecule has 0 aliphatic carbocycles. The van der Waals surface area contributed by atoms with E-state index in [0.717, 1.165) is 0 Å². The first-order valence-electron chi connectivity index (χ1n) is 4.61. The van der Waals surface area contributed by atoms with Gasteiger partial charge in [0.1, 0.15) is 11.0 Å². The van der Waals surface area contributed by atoms with Gasteiger partial charge in [0.2, 0.25) is 0 Å². The van der Waals surface area contributed by atoms with Crippen molar-refractivity contribution in [2.75, 3.05) is 38.8 Å². The van der Waals surface area contributed by atoms with Gasteiger partial charge >= 0.3 is 0 Å². The first-order chi connectivity index (χ1) is 7.33. The van der Waals surface area contributed by atoms with Gasteiger partial charge < -0.3 is 14.8 Å². The number of nitrogens with zero attached hydrogens (tertiary/aromatic N) is 2. The van der Waals surface area contributed by atoms with Gasteiger partial charge in [0, 0.05) is 13.7 Å². The molecule has 0 unspecified atom stereocenters. The average Bonchev–Trinajstić information content (AvgIpc) is 2.23. The van der Waals surface area contributed by atoms with E-state index in [-0.39, 0.29) is 0 Å². The molecular formula is C9H14ClN3O2. The molecule has 0 atom stereocenters. The third-order valence-corrected chi connectivity index (χ3v) is 1.77. The van der Waals surface area contributed by atoms with Crippen LogP contribution in [-0.2, 0) is 9.47 Å². The quantitative estimate of drug-likeness (QED) is 0.715. The molecule has 1 aromatic heterocycles. The fraction of sp³-hybridized carbons (Fsp3) is 0.556. The molecule has 0 aromatic carbocycles. The van der Waals surface area contributed by atoms with Crippen LogP contribution in [0.1, 0.15) is 0 Å². The number of hydrogen-bond donors (Lipinski definition) is 1. The Hall–Kier alpha value is -0.910. The Morgan fingerprint density at radius 3 is 2.93 bits per heavy atom. The highest BCUT2D eigenvalue weighted by atomic mass is 35.5. The van der Waals surface area contributed by atoms with Crippen LogP contribution in [0.3, 0.4) is 0 Å². The smallest absolute Gasteiger partial charge is 0.149 e. The Morgan fingerprint density at radius 2 is 2.20 bits per heavy atom. The van der Waals surface area contributed by atoms with E-state index in [9.17, 15) is 0 Å². The highest BCUT2D eigenvalue weighted by molar-refractivity contribution is 6.29. The maximum absolute atomic E-state index is 5.66. The van der Waals surface area contributed by atoms with Crippen LogP contribution in [0.2, 0.25) is 5.15 Å². The highest BCUT2D eigenvalue weighted by Gasteiger charge is 1.95. The Bertz CT molecular complexity index is 286. The van der Waals surface area contributed by atoms with Crippen LogP contribution in [0.25, 0.3) is 0 Å². The van der Waals surface area contributed by atoms with Crippen molar-refractivity contribution in [1.82, 2.24) is 9.97 Å². The molecule has 5 nitrogen and oxygen atoms in total. The van der Waals surface area contributed by atoms with Gasteiger partial charge in [0.05, 0.1) is 32.2 Å². The number of hydrogen-bond acceptors (Lipinski definition) is 5. The predicted molar refractivity (Wildman–Crippen MR) is 58.2 cm³/mol. The van der Waals surface area contributed by atoms with E-state index in [1.807, 2.05) is 0 Å². The van der Waals surface area contributed by atoms with Crippen molar-refractivity contribution in [3.8, 4) is 0 Å². The first kappa shape index (κ1) is 12.2. The Morgan fingerprint density at radius 1 is 1.33 bits per heavy atom. The summed E-state index contributed by atoms with van der Waals surface area (Å²) in [6.07, 6.45) is 3.10. The second-order valence-electron chi connectivity index (χ2n) is 2.76. The van der Waals surface area contributed by atoms with E-state index in [1.54, 1.807) is 13.3 Å². The zero-order chi connectivity index (χ0) is 10.9. The van der Waals surface area contributed by atoms with E-state index >= 15 is 0 Å². The third kappa shape index (κ3) is 5.51. The fourth-order valence-electron chi connectivity index (χ4n) is 0.923. The van der Waals surface area contributed by atoms with Gasteiger partial charge in [0.25, 0.3) is 0 Å². The van der Waals surface area contributed by atoms with Crippen LogP contribution < -0.4 is 5.32 Å². The van der Waals surface area contributed by atoms with Crippen molar-refractivity contribution < 1.29 is 9.47 Å². The van der Waals surface area contributed by atoms with E-state index in [0.29, 0.717) is 37.3 Å². The van der Waals surface area contributed by atoms with Gasteiger partial charge in [-0.15, -0.1) is 0 Å². The SMILES string of the molecule is COCCOCCNc1cncc(Cl)n1. The molecule has 0 fully saturated rings. The van der Waals surface area contributed by atoms with E-state index < -0.39 is 0 Å². The first-order valence-corrected chi connectivity index (χ1v) is 4.99. The highest BCUT2D eigenvalue weighted by Crippen LogP contribution is 2.05. The lowest BCUT2D eigenvalue weighted by atomic mass is 10.6. The number of aromatic nitrogens is 2. The topological polar surface area (TPSA) is 56.3 Å². The molecule has 0 bridgehead atoms. The Balaban J connectivity index is 2.10. The number of anilines is 1. The molecular weight excluding hydrogens is 218 g/mol. The van der Waals surface area contributed by atoms with Crippen molar-refractivity contribution in [2.45, 2.75) is 0 Å². The molecule has 1 N–H and O–H groups in total. The van der Waals surface area contributed by atoms with E-state index in [1.165, 1.54) is 6.20 Å². The number of halogens is 1. The maximum atomic E-state index is 5.66. The fourth-order valence-corrected chi connectivity index (χ4v) is 1.07. The number of ether oxygens (including phenoxy) is 2. The summed E-state index contributed by atoms with van der Waals surface area (Å²) in [7, 11) is 1.64. The van der Waals surface area contributed by atoms with Gasteiger partial charge in [-0.3, -0.25) is 4.98 Å². The van der Waals surface area contributed by atoms with Gasteiger partial charge in [-0.1, -0.05) is 11.6 Å². The second kappa shape index (κ2) is 7.39. The van der Waals surface area contributed by atoms with Crippen LogP contribution in [0.15, 0.2) is 12.4 Å². The monoisotopic (exact) mass is 231 g/mol. The van der Waals surface area contributed by atoms with Crippen molar-refractivity contribution in [3.63, 3.8) is 0 Å². The summed E-state index contributed by atoms with van der Waals surface area (Å²) in [4.78, 5) is 7.91. The summed E-state index contributed by atoms with van der Waals surface area (Å²) in [5.74, 6) is 0.651. The molecule has 0 amide bonds. The number of nitrogens with one attached hydrogen (secondary N) is 1. The third-order valence-electron chi connectivity index (χ3n) is 1.59. The number of methoxy groups -OCH3 is 1. The molecule has 0 aliphatic heterocycles. The van der Waals surface area contributed by atoms with Gasteiger partial charge in [0.15, 0.2) is 0 Å². The summed E-state index contributed by atoms with van der Waals surface area (Å²) >= 11 is 5.66. The lowest BCUT2D eigenvalue weighted by Crippen LogP contribution is -2.12. The maximum Gasteiger partial charge on any atom is 0.149 e. The summed E-state index contributed by atoms with van der Waals surface area (Å²) in [5, 5.41) is 3.41. The van der Waals surface area contributed by atoms with Crippen molar-refractivity contribution >= 4 is 17.4 Å². The standard InChI is InChI=1S/C9H14ClN3O2/c1-14-4-5-15-3-2-12-9-7-11-6-8(10)13-9/h6-7H,2-5H2,1H3,(H,12,13). The molecule has 1 rings (SSSR count). The lowest BCUT2D eigenvalue weighted by molar-refractivity contribution is 0.0759. The Labute approximate surface area is 93.8 Å². The molecule has 15 heavy (non-hydrogen) atoms. The minimum absolute atomic E-state index is 0.375. The van der Waals surface area contributed by atoms with E-state index in [4.69, 9.17) is 21.1 Å². The zero-order valence-electron chi connectivity index (χ0n) is 8.57. The summed E-state index contributed by atoms with van der Waals surface area (Å²) < 4.78 is 10.1. The van der Waals surface area contributed by atoms with Crippen LogP contribution >= 0.6 is 11.6 Å². The van der Waals surface area contributed by atoms with Crippen molar-refractivity contribution in [1.29, 1.82) is 0 Å². The van der Waals surface area contributed by atoms with Crippen molar-refractivity contribution in [2.24, 2.45) is 0 Å². The molecule has 0 saturated heterocycles. The molecule has 1 aromatic rings. The van der Waals surface area contributed by atoms with Gasteiger partial charge in [-0.05, 0) is 0 Å². The molecule has 1 heterocycles. The van der Waals surface area contributed by atoms with Crippen LogP contribution in [0, 0.1) is 0 Å². The summed E-state index contributed by atoms with van der Waals surface area (Å²) in [5.41, 5.74) is 0. The lowest BCUT2D eigenvalue weighted by Gasteiger charge is -2.05. The minimum atomic E-state index is 0.375. The molecule has 6 heteroatoms. The zero-order valence-corrected chi connectivity index (χ0v) is 9.33. The molecule has 0 spiro atoms. The minimum Gasteiger partial charge on any atom is -0.382 e. The molecule has 84 valence electrons. The second-order valence-corrected chi connectivity index (χ2v) is 3.15.